The number of carbonyl (C=O) groups is 1. The molecule has 9 nitrogen and oxygen atoms in total. The van der Waals surface area contributed by atoms with Crippen molar-refractivity contribution in [3.63, 3.8) is 0 Å². The van der Waals surface area contributed by atoms with E-state index in [0.717, 1.165) is 26.2 Å². The molecule has 1 aromatic carbocycles. The van der Waals surface area contributed by atoms with E-state index in [1.807, 2.05) is 0 Å². The Bertz CT molecular complexity index is 794. The summed E-state index contributed by atoms with van der Waals surface area (Å²) < 4.78 is 5.20. The molecule has 0 spiro atoms. The van der Waals surface area contributed by atoms with Gasteiger partial charge in [-0.15, -0.1) is 0 Å². The summed E-state index contributed by atoms with van der Waals surface area (Å²) in [5.74, 6) is 1.01. The molecule has 5 N–H and O–H groups in total. The Hall–Kier alpha value is -3.07. The molecule has 0 bridgehead atoms. The molecule has 150 valence electrons. The first kappa shape index (κ1) is 19.7. The Kier molecular flexibility index (Phi) is 6.85. The molecule has 1 aliphatic rings. The molecule has 0 aliphatic carbocycles. The molecule has 1 fully saturated rings. The van der Waals surface area contributed by atoms with Crippen LogP contribution in [0.1, 0.15) is 29.6 Å². The predicted molar refractivity (Wildman–Crippen MR) is 109 cm³/mol. The van der Waals surface area contributed by atoms with Crippen molar-refractivity contribution in [2.24, 2.45) is 0 Å². The molecule has 1 saturated heterocycles. The Morgan fingerprint density at radius 1 is 1.18 bits per heavy atom. The smallest absolute Gasteiger partial charge is 0.273 e. The molecule has 1 amide bonds. The van der Waals surface area contributed by atoms with Gasteiger partial charge >= 0.3 is 0 Å². The van der Waals surface area contributed by atoms with E-state index in [-0.39, 0.29) is 5.91 Å². The Morgan fingerprint density at radius 3 is 2.71 bits per heavy atom. The van der Waals surface area contributed by atoms with Crippen molar-refractivity contribution in [1.82, 2.24) is 20.3 Å². The number of nitrogen functional groups attached to an aromatic ring is 1. The van der Waals surface area contributed by atoms with Crippen molar-refractivity contribution in [3.05, 3.63) is 36.2 Å². The summed E-state index contributed by atoms with van der Waals surface area (Å²) in [7, 11) is 1.52. The second kappa shape index (κ2) is 9.75. The van der Waals surface area contributed by atoms with E-state index in [4.69, 9.17) is 10.5 Å². The summed E-state index contributed by atoms with van der Waals surface area (Å²) >= 11 is 0. The number of benzene rings is 1. The van der Waals surface area contributed by atoms with Crippen LogP contribution in [0.15, 0.2) is 30.6 Å². The normalized spacial score (nSPS) is 14.3. The highest BCUT2D eigenvalue weighted by Crippen LogP contribution is 2.22. The molecule has 0 radical (unpaired) electrons. The summed E-state index contributed by atoms with van der Waals surface area (Å²) in [5.41, 5.74) is 12.3. The van der Waals surface area contributed by atoms with Crippen LogP contribution in [0, 0.1) is 0 Å². The molecule has 0 atom stereocenters. The maximum absolute atomic E-state index is 12.4. The Morgan fingerprint density at radius 2 is 1.93 bits per heavy atom. The van der Waals surface area contributed by atoms with Gasteiger partial charge in [0.05, 0.1) is 12.7 Å². The largest absolute Gasteiger partial charge is 0.496 e. The van der Waals surface area contributed by atoms with Crippen LogP contribution in [0.25, 0.3) is 0 Å². The van der Waals surface area contributed by atoms with Crippen LogP contribution in [-0.2, 0) is 0 Å². The summed E-state index contributed by atoms with van der Waals surface area (Å²) in [5, 5.41) is 3.25. The van der Waals surface area contributed by atoms with Crippen molar-refractivity contribution < 1.29 is 9.53 Å². The molecule has 1 aromatic heterocycles. The second-order valence-electron chi connectivity index (χ2n) is 6.59. The minimum Gasteiger partial charge on any atom is -0.496 e. The quantitative estimate of drug-likeness (QED) is 0.508. The highest BCUT2D eigenvalue weighted by molar-refractivity contribution is 5.97. The number of para-hydroxylation sites is 1. The van der Waals surface area contributed by atoms with Gasteiger partial charge in [0.1, 0.15) is 17.8 Å². The molecule has 1 aliphatic heterocycles. The van der Waals surface area contributed by atoms with Crippen molar-refractivity contribution in [2.75, 3.05) is 49.8 Å². The van der Waals surface area contributed by atoms with E-state index >= 15 is 0 Å². The predicted octanol–water partition coefficient (Wildman–Crippen LogP) is 1.72. The van der Waals surface area contributed by atoms with Gasteiger partial charge in [-0.2, -0.15) is 0 Å². The van der Waals surface area contributed by atoms with Gasteiger partial charge in [0.15, 0.2) is 11.6 Å². The minimum absolute atomic E-state index is 0.332. The average molecular weight is 385 g/mol. The van der Waals surface area contributed by atoms with Crippen LogP contribution >= 0.6 is 0 Å². The SMILES string of the molecule is COc1ccccc1C(=O)NNc1ncnc(NCCN2CCCCC2)c1N. The molecule has 0 saturated carbocycles. The van der Waals surface area contributed by atoms with Gasteiger partial charge < -0.3 is 20.7 Å². The van der Waals surface area contributed by atoms with E-state index in [1.165, 1.54) is 32.7 Å². The number of ether oxygens (including phenoxy) is 1. The van der Waals surface area contributed by atoms with Crippen molar-refractivity contribution in [2.45, 2.75) is 19.3 Å². The molecule has 3 rings (SSSR count). The lowest BCUT2D eigenvalue weighted by Gasteiger charge is -2.26. The zero-order chi connectivity index (χ0) is 19.8. The number of nitrogens with zero attached hydrogens (tertiary/aromatic N) is 3. The van der Waals surface area contributed by atoms with Crippen LogP contribution < -0.4 is 26.6 Å². The number of hydrogen-bond acceptors (Lipinski definition) is 8. The number of carbonyl (C=O) groups excluding carboxylic acids is 1. The number of nitrogens with one attached hydrogen (secondary N) is 3. The average Bonchev–Trinajstić information content (AvgIpc) is 2.74. The Balaban J connectivity index is 1.55. The number of aromatic nitrogens is 2. The van der Waals surface area contributed by atoms with Crippen LogP contribution in [0.5, 0.6) is 5.75 Å². The monoisotopic (exact) mass is 385 g/mol. The molecular formula is C19H27N7O2. The fraction of sp³-hybridized carbons (Fsp3) is 0.421. The zero-order valence-electron chi connectivity index (χ0n) is 16.1. The topological polar surface area (TPSA) is 117 Å². The molecule has 28 heavy (non-hydrogen) atoms. The van der Waals surface area contributed by atoms with Gasteiger partial charge in [0.25, 0.3) is 5.91 Å². The number of methoxy groups -OCH3 is 1. The number of piperidine rings is 1. The number of hydrazine groups is 1. The van der Waals surface area contributed by atoms with Gasteiger partial charge in [-0.25, -0.2) is 9.97 Å². The number of nitrogens with two attached hydrogens (primary N) is 1. The van der Waals surface area contributed by atoms with Gasteiger partial charge in [0.2, 0.25) is 0 Å². The second-order valence-corrected chi connectivity index (χ2v) is 6.59. The molecule has 9 heteroatoms. The van der Waals surface area contributed by atoms with Crippen molar-refractivity contribution in [1.29, 1.82) is 0 Å². The van der Waals surface area contributed by atoms with E-state index in [2.05, 4.69) is 31.0 Å². The molecule has 2 heterocycles. The minimum atomic E-state index is -0.352. The van der Waals surface area contributed by atoms with Crippen LogP contribution in [0.2, 0.25) is 0 Å². The number of amides is 1. The molecular weight excluding hydrogens is 358 g/mol. The summed E-state index contributed by atoms with van der Waals surface area (Å²) in [4.78, 5) is 23.1. The highest BCUT2D eigenvalue weighted by Gasteiger charge is 2.14. The van der Waals surface area contributed by atoms with Gasteiger partial charge in [-0.3, -0.25) is 15.6 Å². The summed E-state index contributed by atoms with van der Waals surface area (Å²) in [6.07, 6.45) is 5.24. The number of anilines is 3. The van der Waals surface area contributed by atoms with Crippen LogP contribution in [-0.4, -0.2) is 54.1 Å². The lowest BCUT2D eigenvalue weighted by molar-refractivity contribution is 0.0959. The van der Waals surface area contributed by atoms with E-state index in [1.54, 1.807) is 24.3 Å². The van der Waals surface area contributed by atoms with E-state index in [0.29, 0.717) is 28.6 Å². The van der Waals surface area contributed by atoms with Crippen molar-refractivity contribution in [3.8, 4) is 5.75 Å². The number of hydrogen-bond donors (Lipinski definition) is 4. The van der Waals surface area contributed by atoms with Crippen molar-refractivity contribution >= 4 is 23.2 Å². The standard InChI is InChI=1S/C19H27N7O2/c1-28-15-8-4-3-7-14(15)19(27)25-24-18-16(20)17(22-13-23-18)21-9-12-26-10-5-2-6-11-26/h3-4,7-8,13H,2,5-6,9-12,20H2,1H3,(H,25,27)(H2,21,22,23,24). The first-order chi connectivity index (χ1) is 13.7. The summed E-state index contributed by atoms with van der Waals surface area (Å²) in [6.45, 7) is 3.97. The lowest BCUT2D eigenvalue weighted by Crippen LogP contribution is -2.34. The third-order valence-corrected chi connectivity index (χ3v) is 4.70. The fourth-order valence-electron chi connectivity index (χ4n) is 3.17. The van der Waals surface area contributed by atoms with Gasteiger partial charge in [-0.1, -0.05) is 18.6 Å². The lowest BCUT2D eigenvalue weighted by atomic mass is 10.1. The summed E-state index contributed by atoms with van der Waals surface area (Å²) in [6, 6.07) is 6.96. The number of likely N-dealkylation sites (tertiary alicyclic amines) is 1. The first-order valence-corrected chi connectivity index (χ1v) is 9.45. The Labute approximate surface area is 164 Å². The zero-order valence-corrected chi connectivity index (χ0v) is 16.1. The maximum atomic E-state index is 12.4. The van der Waals surface area contributed by atoms with E-state index in [9.17, 15) is 4.79 Å². The van der Waals surface area contributed by atoms with Crippen LogP contribution in [0.3, 0.4) is 0 Å². The van der Waals surface area contributed by atoms with E-state index < -0.39 is 0 Å². The third kappa shape index (κ3) is 5.01. The fourth-order valence-corrected chi connectivity index (χ4v) is 3.17. The maximum Gasteiger partial charge on any atom is 0.273 e. The third-order valence-electron chi connectivity index (χ3n) is 4.70. The highest BCUT2D eigenvalue weighted by atomic mass is 16.5. The first-order valence-electron chi connectivity index (χ1n) is 9.45. The molecule has 0 unspecified atom stereocenters. The van der Waals surface area contributed by atoms with Gasteiger partial charge in [0, 0.05) is 13.1 Å². The van der Waals surface area contributed by atoms with Gasteiger partial charge in [-0.05, 0) is 38.1 Å². The molecule has 2 aromatic rings. The number of rotatable bonds is 8. The van der Waals surface area contributed by atoms with Crippen LogP contribution in [0.4, 0.5) is 17.3 Å².